The summed E-state index contributed by atoms with van der Waals surface area (Å²) in [6.45, 7) is 3.08. The van der Waals surface area contributed by atoms with E-state index in [4.69, 9.17) is 4.74 Å². The van der Waals surface area contributed by atoms with Gasteiger partial charge in [-0.15, -0.1) is 11.3 Å². The first-order chi connectivity index (χ1) is 14.9. The minimum atomic E-state index is -3.46. The number of piperidine rings is 1. The first kappa shape index (κ1) is 23.4. The Morgan fingerprint density at radius 3 is 2.48 bits per heavy atom. The van der Waals surface area contributed by atoms with Crippen LogP contribution in [-0.2, 0) is 37.3 Å². The summed E-state index contributed by atoms with van der Waals surface area (Å²) in [6.07, 6.45) is 2.50. The summed E-state index contributed by atoms with van der Waals surface area (Å²) in [4.78, 5) is 25.5. The minimum absolute atomic E-state index is 0.112. The number of benzene rings is 1. The van der Waals surface area contributed by atoms with Gasteiger partial charge in [-0.1, -0.05) is 24.6 Å². The topological polar surface area (TPSA) is 92.8 Å². The zero-order valence-corrected chi connectivity index (χ0v) is 19.2. The van der Waals surface area contributed by atoms with Gasteiger partial charge in [0, 0.05) is 24.4 Å². The summed E-state index contributed by atoms with van der Waals surface area (Å²) in [5, 5.41) is 4.68. The van der Waals surface area contributed by atoms with Crippen LogP contribution in [0.25, 0.3) is 0 Å². The molecule has 0 saturated carbocycles. The van der Waals surface area contributed by atoms with E-state index in [1.807, 2.05) is 17.5 Å². The van der Waals surface area contributed by atoms with E-state index in [2.05, 4.69) is 5.32 Å². The van der Waals surface area contributed by atoms with Gasteiger partial charge in [0.25, 0.3) is 5.91 Å². The van der Waals surface area contributed by atoms with Gasteiger partial charge in [-0.25, -0.2) is 8.42 Å². The van der Waals surface area contributed by atoms with Crippen molar-refractivity contribution in [2.24, 2.45) is 0 Å². The first-order valence-corrected chi connectivity index (χ1v) is 12.8. The Labute approximate surface area is 187 Å². The largest absolute Gasteiger partial charge is 0.453 e. The Balaban J connectivity index is 1.45. The fourth-order valence-electron chi connectivity index (χ4n) is 3.37. The number of esters is 1. The molecule has 1 fully saturated rings. The second-order valence-electron chi connectivity index (χ2n) is 7.54. The van der Waals surface area contributed by atoms with Gasteiger partial charge in [-0.2, -0.15) is 4.31 Å². The molecule has 1 aromatic carbocycles. The number of carbonyl (C=O) groups is 2. The lowest BCUT2D eigenvalue weighted by Gasteiger charge is -2.25. The number of carbonyl (C=O) groups excluding carboxylic acids is 2. The van der Waals surface area contributed by atoms with E-state index in [1.165, 1.54) is 4.31 Å². The summed E-state index contributed by atoms with van der Waals surface area (Å²) in [7, 11) is -3.46. The molecule has 0 spiro atoms. The lowest BCUT2D eigenvalue weighted by atomic mass is 10.1. The van der Waals surface area contributed by atoms with Crippen molar-refractivity contribution < 1.29 is 22.7 Å². The highest BCUT2D eigenvalue weighted by Gasteiger charge is 2.25. The van der Waals surface area contributed by atoms with Crippen LogP contribution >= 0.6 is 11.3 Å². The molecule has 1 aromatic heterocycles. The number of nitrogens with one attached hydrogen (secondary N) is 1. The van der Waals surface area contributed by atoms with Crippen molar-refractivity contribution in [2.45, 2.75) is 56.6 Å². The minimum Gasteiger partial charge on any atom is -0.453 e. The molecular formula is C22H28N2O5S2. The molecule has 1 unspecified atom stereocenters. The van der Waals surface area contributed by atoms with E-state index in [-0.39, 0.29) is 17.2 Å². The maximum absolute atomic E-state index is 12.7. The van der Waals surface area contributed by atoms with Crippen molar-refractivity contribution >= 4 is 33.2 Å². The molecule has 0 aliphatic carbocycles. The molecule has 9 heteroatoms. The molecule has 0 radical (unpaired) electrons. The Hall–Kier alpha value is -2.23. The van der Waals surface area contributed by atoms with Gasteiger partial charge in [-0.05, 0) is 55.3 Å². The van der Waals surface area contributed by atoms with E-state index in [0.717, 1.165) is 29.7 Å². The number of sulfonamides is 1. The molecule has 2 aromatic rings. The van der Waals surface area contributed by atoms with Crippen molar-refractivity contribution in [2.75, 3.05) is 13.1 Å². The zero-order chi connectivity index (χ0) is 22.3. The number of amides is 1. The van der Waals surface area contributed by atoms with Crippen molar-refractivity contribution in [3.8, 4) is 0 Å². The smallest absolute Gasteiger partial charge is 0.306 e. The van der Waals surface area contributed by atoms with E-state index >= 15 is 0 Å². The maximum Gasteiger partial charge on any atom is 0.306 e. The summed E-state index contributed by atoms with van der Waals surface area (Å²) in [6, 6.07) is 10.5. The van der Waals surface area contributed by atoms with Gasteiger partial charge >= 0.3 is 5.97 Å². The summed E-state index contributed by atoms with van der Waals surface area (Å²) < 4.78 is 32.1. The molecule has 1 amide bonds. The third-order valence-corrected chi connectivity index (χ3v) is 7.98. The molecule has 1 saturated heterocycles. The number of thiophene rings is 1. The van der Waals surface area contributed by atoms with Gasteiger partial charge in [-0.3, -0.25) is 9.59 Å². The quantitative estimate of drug-likeness (QED) is 0.576. The van der Waals surface area contributed by atoms with E-state index in [9.17, 15) is 18.0 Å². The Morgan fingerprint density at radius 2 is 1.84 bits per heavy atom. The van der Waals surface area contributed by atoms with Crippen LogP contribution in [0.5, 0.6) is 0 Å². The lowest BCUT2D eigenvalue weighted by Crippen LogP contribution is -2.35. The highest BCUT2D eigenvalue weighted by Crippen LogP contribution is 2.21. The molecular weight excluding hydrogens is 436 g/mol. The van der Waals surface area contributed by atoms with Gasteiger partial charge in [0.05, 0.1) is 11.4 Å². The van der Waals surface area contributed by atoms with Crippen molar-refractivity contribution in [1.82, 2.24) is 9.62 Å². The van der Waals surface area contributed by atoms with Crippen LogP contribution in [-0.4, -0.2) is 43.8 Å². The van der Waals surface area contributed by atoms with Gasteiger partial charge in [0.15, 0.2) is 6.10 Å². The summed E-state index contributed by atoms with van der Waals surface area (Å²) in [5.74, 6) is -0.808. The second kappa shape index (κ2) is 10.9. The Bertz CT molecular complexity index is 966. The van der Waals surface area contributed by atoms with Gasteiger partial charge < -0.3 is 10.1 Å². The van der Waals surface area contributed by atoms with Crippen molar-refractivity contribution in [3.05, 3.63) is 52.2 Å². The predicted molar refractivity (Wildman–Crippen MR) is 119 cm³/mol. The SMILES string of the molecule is CC(OC(=O)CCc1ccc(S(=O)(=O)N2CCCCC2)cc1)C(=O)NCc1cccs1. The molecule has 1 aliphatic rings. The number of aryl methyl sites for hydroxylation is 1. The molecule has 1 N–H and O–H groups in total. The average Bonchev–Trinajstić information content (AvgIpc) is 3.30. The van der Waals surface area contributed by atoms with Crippen LogP contribution in [0.15, 0.2) is 46.7 Å². The van der Waals surface area contributed by atoms with Crippen LogP contribution in [0.1, 0.15) is 43.0 Å². The average molecular weight is 465 g/mol. The van der Waals surface area contributed by atoms with Crippen LogP contribution in [0.3, 0.4) is 0 Å². The fourth-order valence-corrected chi connectivity index (χ4v) is 5.53. The highest BCUT2D eigenvalue weighted by atomic mass is 32.2. The number of hydrogen-bond donors (Lipinski definition) is 1. The van der Waals surface area contributed by atoms with E-state index < -0.39 is 22.1 Å². The Kier molecular flexibility index (Phi) is 8.22. The number of ether oxygens (including phenoxy) is 1. The van der Waals surface area contributed by atoms with Gasteiger partial charge in [0.2, 0.25) is 10.0 Å². The van der Waals surface area contributed by atoms with Gasteiger partial charge in [0.1, 0.15) is 0 Å². The third-order valence-electron chi connectivity index (χ3n) is 5.19. The molecule has 168 valence electrons. The Morgan fingerprint density at radius 1 is 1.13 bits per heavy atom. The lowest BCUT2D eigenvalue weighted by molar-refractivity contribution is -0.154. The zero-order valence-electron chi connectivity index (χ0n) is 17.6. The van der Waals surface area contributed by atoms with Crippen molar-refractivity contribution in [3.63, 3.8) is 0 Å². The van der Waals surface area contributed by atoms with E-state index in [0.29, 0.717) is 26.1 Å². The van der Waals surface area contributed by atoms with E-state index in [1.54, 1.807) is 42.5 Å². The highest BCUT2D eigenvalue weighted by molar-refractivity contribution is 7.89. The molecule has 1 atom stereocenters. The summed E-state index contributed by atoms with van der Waals surface area (Å²) in [5.41, 5.74) is 0.837. The van der Waals surface area contributed by atoms with Crippen LogP contribution in [0, 0.1) is 0 Å². The molecule has 7 nitrogen and oxygen atoms in total. The second-order valence-corrected chi connectivity index (χ2v) is 10.5. The van der Waals surface area contributed by atoms with Crippen LogP contribution < -0.4 is 5.32 Å². The van der Waals surface area contributed by atoms with Crippen LogP contribution in [0.2, 0.25) is 0 Å². The third kappa shape index (κ3) is 6.62. The fraction of sp³-hybridized carbons (Fsp3) is 0.455. The number of rotatable bonds is 9. The molecule has 31 heavy (non-hydrogen) atoms. The normalized spacial score (nSPS) is 15.9. The standard InChI is InChI=1S/C22H28N2O5S2/c1-17(22(26)23-16-19-6-5-15-30-19)29-21(25)12-9-18-7-10-20(11-8-18)31(27,28)24-13-3-2-4-14-24/h5-8,10-11,15,17H,2-4,9,12-14,16H2,1H3,(H,23,26). The number of hydrogen-bond acceptors (Lipinski definition) is 6. The molecule has 0 bridgehead atoms. The van der Waals surface area contributed by atoms with Crippen LogP contribution in [0.4, 0.5) is 0 Å². The monoisotopic (exact) mass is 464 g/mol. The first-order valence-electron chi connectivity index (χ1n) is 10.4. The molecule has 1 aliphatic heterocycles. The summed E-state index contributed by atoms with van der Waals surface area (Å²) >= 11 is 1.54. The predicted octanol–water partition coefficient (Wildman–Crippen LogP) is 3.10. The molecule has 2 heterocycles. The van der Waals surface area contributed by atoms with Crippen molar-refractivity contribution in [1.29, 1.82) is 0 Å². The number of nitrogens with zero attached hydrogens (tertiary/aromatic N) is 1. The molecule has 3 rings (SSSR count). The maximum atomic E-state index is 12.7.